The number of hydrogen-bond acceptors (Lipinski definition) is 8. The molecule has 0 spiro atoms. The molecule has 10 heteroatoms. The first-order chi connectivity index (χ1) is 61.5. The maximum atomic E-state index is 6.44. The molecule has 0 saturated heterocycles. The van der Waals surface area contributed by atoms with Gasteiger partial charge in [0.2, 0.25) is 0 Å². The second-order valence-corrected chi connectivity index (χ2v) is 32.2. The number of thiophene rings is 1. The Hall–Kier alpha value is -16.4. The lowest BCUT2D eigenvalue weighted by Gasteiger charge is -2.18. The van der Waals surface area contributed by atoms with E-state index in [2.05, 4.69) is 379 Å². The zero-order valence-electron chi connectivity index (χ0n) is 67.0. The summed E-state index contributed by atoms with van der Waals surface area (Å²) in [4.78, 5) is 31.9. The highest BCUT2D eigenvalue weighted by Gasteiger charge is 2.27. The Kier molecular flexibility index (Phi) is 18.2. The average Bonchev–Trinajstić information content (AvgIpc) is 1.56. The highest BCUT2D eigenvalue weighted by Crippen LogP contribution is 2.49. The third-order valence-electron chi connectivity index (χ3n) is 23.6. The number of hydrogen-bond donors (Lipinski definition) is 0. The summed E-state index contributed by atoms with van der Waals surface area (Å²) in [5.41, 5.74) is 29.6. The molecule has 0 bridgehead atoms. The summed E-state index contributed by atoms with van der Waals surface area (Å²) in [6, 6.07) is 153. The molecule has 9 nitrogen and oxygen atoms in total. The number of nitrogens with zero attached hydrogens (tertiary/aromatic N) is 8. The van der Waals surface area contributed by atoms with E-state index in [1.165, 1.54) is 30.9 Å². The van der Waals surface area contributed by atoms with Gasteiger partial charge < -0.3 is 13.6 Å². The molecular formula is C114H72N8OS. The van der Waals surface area contributed by atoms with E-state index >= 15 is 0 Å². The van der Waals surface area contributed by atoms with E-state index in [0.717, 1.165) is 190 Å². The maximum Gasteiger partial charge on any atom is 0.160 e. The molecule has 0 unspecified atom stereocenters. The summed E-state index contributed by atoms with van der Waals surface area (Å²) in [7, 11) is 0. The van der Waals surface area contributed by atoms with Gasteiger partial charge in [-0.05, 0) is 138 Å². The SMILES string of the molecule is c1ccc(-c2cc(-c3cc(-c4nc(-c5ccccc5)cc(-c5ccccc5)n4)ccc3-n3c4ccccc4c4c5c(ccc43)sc3ccccc35)cc(-c3ccccc3)n2)cc1.c1ccc(-c2cc(-c3ccccc3)nc(-c3cc(-c4nc(-c5ccccc5)cc(-c5ccccc5)n4)ccc3-n3c4ccccc4c4c5c(ccc43)oc3ccccc35)c2)cc1. The van der Waals surface area contributed by atoms with Gasteiger partial charge in [0.15, 0.2) is 11.6 Å². The predicted octanol–water partition coefficient (Wildman–Crippen LogP) is 30.2. The van der Waals surface area contributed by atoms with E-state index in [1.54, 1.807) is 0 Å². The number of pyridine rings is 2. The number of benzene rings is 16. The van der Waals surface area contributed by atoms with Crippen LogP contribution >= 0.6 is 11.3 Å². The van der Waals surface area contributed by atoms with Crippen molar-refractivity contribution in [1.82, 2.24) is 39.0 Å². The fraction of sp³-hybridized carbons (Fsp3) is 0. The molecule has 124 heavy (non-hydrogen) atoms. The summed E-state index contributed by atoms with van der Waals surface area (Å²) >= 11 is 1.86. The minimum absolute atomic E-state index is 0.634. The van der Waals surface area contributed by atoms with Crippen LogP contribution < -0.4 is 0 Å². The first-order valence-electron chi connectivity index (χ1n) is 41.7. The highest BCUT2D eigenvalue weighted by molar-refractivity contribution is 7.26. The fourth-order valence-corrected chi connectivity index (χ4v) is 19.0. The Bertz CT molecular complexity index is 7480. The van der Waals surface area contributed by atoms with Crippen molar-refractivity contribution in [2.24, 2.45) is 0 Å². The summed E-state index contributed by atoms with van der Waals surface area (Å²) in [6.07, 6.45) is 0. The molecule has 8 aromatic heterocycles. The number of fused-ring (bicyclic) bond motifs is 14. The van der Waals surface area contributed by atoms with E-state index in [1.807, 2.05) is 78.1 Å². The summed E-state index contributed by atoms with van der Waals surface area (Å²) in [6.45, 7) is 0. The molecule has 580 valence electrons. The standard InChI is InChI=1S/C57H36N4O.C57H36N4S/c1-5-17-37(18-6-1)42-34-46(38-19-7-2-8-20-38)58-49(35-42)45-33-41(57-59-47(39-21-9-3-10-22-39)36-48(60-57)40-23-11-4-12-24-40)29-30-51(45)61-50-27-15-13-25-43(50)55-52(61)31-32-54-56(55)44-26-14-16-28-53(44)62-54;1-5-17-37(18-6-1)46-34-42(35-47(58-46)38-19-7-2-8-20-38)45-33-41(57-59-48(39-21-9-3-10-22-39)36-49(60-57)40-23-11-4-12-24-40)29-30-51(45)61-50-27-15-13-25-43(50)55-52(61)31-32-54-56(55)44-26-14-16-28-53(44)62-54/h2*1-36H. The van der Waals surface area contributed by atoms with Crippen LogP contribution in [-0.4, -0.2) is 39.0 Å². The van der Waals surface area contributed by atoms with Crippen molar-refractivity contribution in [2.45, 2.75) is 0 Å². The van der Waals surface area contributed by atoms with Gasteiger partial charge in [-0.3, -0.25) is 0 Å². The quantitative estimate of drug-likeness (QED) is 0.107. The Morgan fingerprint density at radius 3 is 1.00 bits per heavy atom. The Morgan fingerprint density at radius 2 is 0.532 bits per heavy atom. The van der Waals surface area contributed by atoms with Crippen molar-refractivity contribution >= 4 is 97.1 Å². The van der Waals surface area contributed by atoms with Gasteiger partial charge in [0.1, 0.15) is 11.2 Å². The third-order valence-corrected chi connectivity index (χ3v) is 24.8. The van der Waals surface area contributed by atoms with Gasteiger partial charge >= 0.3 is 0 Å². The Labute approximate surface area is 718 Å². The van der Waals surface area contributed by atoms with Gasteiger partial charge in [-0.1, -0.05) is 315 Å². The molecule has 16 aromatic carbocycles. The predicted molar refractivity (Wildman–Crippen MR) is 514 cm³/mol. The smallest absolute Gasteiger partial charge is 0.160 e. The second-order valence-electron chi connectivity index (χ2n) is 31.1. The average molecular weight is 1600 g/mol. The van der Waals surface area contributed by atoms with Crippen molar-refractivity contribution in [3.05, 3.63) is 437 Å². The summed E-state index contributed by atoms with van der Waals surface area (Å²) in [5.74, 6) is 1.29. The zero-order chi connectivity index (χ0) is 82.0. The Balaban J connectivity index is 0.000000143. The molecular weight excluding hydrogens is 1530 g/mol. The molecule has 24 aromatic rings. The highest BCUT2D eigenvalue weighted by atomic mass is 32.1. The van der Waals surface area contributed by atoms with Crippen LogP contribution in [0.25, 0.3) is 232 Å². The number of furan rings is 1. The lowest BCUT2D eigenvalue weighted by molar-refractivity contribution is 0.669. The van der Waals surface area contributed by atoms with Gasteiger partial charge in [-0.2, -0.15) is 0 Å². The number of para-hydroxylation sites is 3. The topological polar surface area (TPSA) is 100 Å². The molecule has 0 amide bonds. The van der Waals surface area contributed by atoms with Crippen LogP contribution in [0.1, 0.15) is 0 Å². The van der Waals surface area contributed by atoms with Crippen LogP contribution in [0.15, 0.2) is 441 Å². The van der Waals surface area contributed by atoms with Gasteiger partial charge in [0.05, 0.1) is 79.0 Å². The van der Waals surface area contributed by atoms with E-state index in [0.29, 0.717) is 11.6 Å². The van der Waals surface area contributed by atoms with E-state index in [-0.39, 0.29) is 0 Å². The van der Waals surface area contributed by atoms with Crippen molar-refractivity contribution in [3.63, 3.8) is 0 Å². The molecule has 24 rings (SSSR count). The maximum absolute atomic E-state index is 6.44. The molecule has 0 fully saturated rings. The zero-order valence-corrected chi connectivity index (χ0v) is 67.8. The lowest BCUT2D eigenvalue weighted by Crippen LogP contribution is -2.01. The van der Waals surface area contributed by atoms with Gasteiger partial charge in [0.25, 0.3) is 0 Å². The molecule has 0 atom stereocenters. The van der Waals surface area contributed by atoms with Crippen molar-refractivity contribution in [1.29, 1.82) is 0 Å². The second kappa shape index (κ2) is 31.1. The fourth-order valence-electron chi connectivity index (χ4n) is 17.8. The largest absolute Gasteiger partial charge is 0.456 e. The molecule has 0 aliphatic heterocycles. The molecule has 8 heterocycles. The van der Waals surface area contributed by atoms with Crippen LogP contribution in [0.4, 0.5) is 0 Å². The van der Waals surface area contributed by atoms with Crippen LogP contribution in [-0.2, 0) is 0 Å². The van der Waals surface area contributed by atoms with E-state index in [9.17, 15) is 0 Å². The number of aromatic nitrogens is 8. The molecule has 0 aliphatic carbocycles. The molecule has 0 aliphatic rings. The normalized spacial score (nSPS) is 11.5. The van der Waals surface area contributed by atoms with Gasteiger partial charge in [-0.15, -0.1) is 11.3 Å². The van der Waals surface area contributed by atoms with E-state index in [4.69, 9.17) is 34.3 Å². The van der Waals surface area contributed by atoms with Crippen molar-refractivity contribution in [2.75, 3.05) is 0 Å². The first kappa shape index (κ1) is 72.8. The third kappa shape index (κ3) is 13.2. The summed E-state index contributed by atoms with van der Waals surface area (Å²) < 4.78 is 13.9. The van der Waals surface area contributed by atoms with Crippen molar-refractivity contribution < 1.29 is 4.42 Å². The molecule has 0 N–H and O–H groups in total. The minimum atomic E-state index is 0.634. The van der Waals surface area contributed by atoms with Gasteiger partial charge in [0, 0.05) is 114 Å². The van der Waals surface area contributed by atoms with Crippen molar-refractivity contribution in [3.8, 4) is 146 Å². The number of rotatable bonds is 14. The summed E-state index contributed by atoms with van der Waals surface area (Å²) in [5, 5.41) is 9.59. The minimum Gasteiger partial charge on any atom is -0.456 e. The lowest BCUT2D eigenvalue weighted by atomic mass is 9.96. The Morgan fingerprint density at radius 1 is 0.185 bits per heavy atom. The van der Waals surface area contributed by atoms with Crippen LogP contribution in [0.5, 0.6) is 0 Å². The first-order valence-corrected chi connectivity index (χ1v) is 42.5. The molecule has 0 saturated carbocycles. The van der Waals surface area contributed by atoms with Crippen LogP contribution in [0, 0.1) is 0 Å². The van der Waals surface area contributed by atoms with Crippen LogP contribution in [0.2, 0.25) is 0 Å². The van der Waals surface area contributed by atoms with E-state index < -0.39 is 0 Å². The van der Waals surface area contributed by atoms with Gasteiger partial charge in [-0.25, -0.2) is 29.9 Å². The van der Waals surface area contributed by atoms with Crippen LogP contribution in [0.3, 0.4) is 0 Å². The molecule has 0 radical (unpaired) electrons. The monoisotopic (exact) mass is 1600 g/mol.